The average Bonchev–Trinajstić information content (AvgIpc) is 2.63. The highest BCUT2D eigenvalue weighted by Gasteiger charge is 2.23. The van der Waals surface area contributed by atoms with Crippen molar-refractivity contribution < 1.29 is 0 Å². The molecule has 96 valence electrons. The molecule has 3 heteroatoms. The van der Waals surface area contributed by atoms with E-state index >= 15 is 0 Å². The highest BCUT2D eigenvalue weighted by Crippen LogP contribution is 2.34. The summed E-state index contributed by atoms with van der Waals surface area (Å²) >= 11 is 6.11. The number of halogens is 1. The molecule has 0 saturated carbocycles. The molecule has 0 bridgehead atoms. The topological polar surface area (TPSA) is 17.0 Å². The van der Waals surface area contributed by atoms with E-state index in [0.29, 0.717) is 0 Å². The summed E-state index contributed by atoms with van der Waals surface area (Å²) < 4.78 is 2.33. The fourth-order valence-corrected chi connectivity index (χ4v) is 3.45. The summed E-state index contributed by atoms with van der Waals surface area (Å²) in [5, 5.41) is 5.52. The van der Waals surface area contributed by atoms with Crippen LogP contribution in [0.5, 0.6) is 0 Å². The van der Waals surface area contributed by atoms with Gasteiger partial charge in [-0.05, 0) is 56.5 Å². The minimum Gasteiger partial charge on any atom is -0.347 e. The van der Waals surface area contributed by atoms with Crippen molar-refractivity contribution in [2.45, 2.75) is 19.3 Å². The summed E-state index contributed by atoms with van der Waals surface area (Å²) in [4.78, 5) is 0. The van der Waals surface area contributed by atoms with E-state index in [1.54, 1.807) is 0 Å². The maximum atomic E-state index is 6.11. The monoisotopic (exact) mass is 262 g/mol. The fourth-order valence-electron chi connectivity index (χ4n) is 3.28. The van der Waals surface area contributed by atoms with Gasteiger partial charge < -0.3 is 9.88 Å². The molecule has 0 amide bonds. The second kappa shape index (κ2) is 4.60. The Morgan fingerprint density at radius 3 is 3.06 bits per heavy atom. The number of aryl methyl sites for hydroxylation is 1. The summed E-state index contributed by atoms with van der Waals surface area (Å²) in [6, 6.07) is 6.27. The first-order valence-corrected chi connectivity index (χ1v) is 6.98. The SMILES string of the molecule is CNCC1CCc2c(c3ccc(Cl)cc3n2C)C1. The predicted molar refractivity (Wildman–Crippen MR) is 77.4 cm³/mol. The van der Waals surface area contributed by atoms with E-state index in [-0.39, 0.29) is 0 Å². The second-order valence-electron chi connectivity index (χ2n) is 5.31. The van der Waals surface area contributed by atoms with Gasteiger partial charge in [0.1, 0.15) is 0 Å². The van der Waals surface area contributed by atoms with Crippen LogP contribution in [-0.4, -0.2) is 18.2 Å². The van der Waals surface area contributed by atoms with Crippen LogP contribution < -0.4 is 5.32 Å². The van der Waals surface area contributed by atoms with Crippen LogP contribution in [0.15, 0.2) is 18.2 Å². The molecule has 1 atom stereocenters. The van der Waals surface area contributed by atoms with Crippen LogP contribution in [0.3, 0.4) is 0 Å². The molecule has 0 spiro atoms. The molecule has 1 aromatic carbocycles. The standard InChI is InChI=1S/C15H19ClN2/c1-17-9-10-3-6-14-13(7-10)12-5-4-11(16)8-15(12)18(14)2/h4-5,8,10,17H,3,6-7,9H2,1-2H3. The molecule has 1 N–H and O–H groups in total. The van der Waals surface area contributed by atoms with Gasteiger partial charge >= 0.3 is 0 Å². The molecule has 1 aliphatic rings. The van der Waals surface area contributed by atoms with Gasteiger partial charge in [0, 0.05) is 28.7 Å². The first-order valence-electron chi connectivity index (χ1n) is 6.61. The molecule has 1 heterocycles. The van der Waals surface area contributed by atoms with Crippen molar-refractivity contribution in [2.24, 2.45) is 13.0 Å². The van der Waals surface area contributed by atoms with Crippen LogP contribution in [0.25, 0.3) is 10.9 Å². The summed E-state index contributed by atoms with van der Waals surface area (Å²) in [6.07, 6.45) is 3.66. The van der Waals surface area contributed by atoms with Crippen LogP contribution >= 0.6 is 11.6 Å². The van der Waals surface area contributed by atoms with E-state index in [0.717, 1.165) is 17.5 Å². The lowest BCUT2D eigenvalue weighted by atomic mass is 9.86. The maximum Gasteiger partial charge on any atom is 0.0497 e. The zero-order chi connectivity index (χ0) is 12.7. The van der Waals surface area contributed by atoms with Crippen LogP contribution in [0.4, 0.5) is 0 Å². The molecule has 0 radical (unpaired) electrons. The highest BCUT2D eigenvalue weighted by atomic mass is 35.5. The van der Waals surface area contributed by atoms with Crippen LogP contribution in [0.1, 0.15) is 17.7 Å². The third-order valence-electron chi connectivity index (χ3n) is 4.17. The minimum atomic E-state index is 0.767. The van der Waals surface area contributed by atoms with Crippen molar-refractivity contribution in [1.29, 1.82) is 0 Å². The number of nitrogens with zero attached hydrogens (tertiary/aromatic N) is 1. The van der Waals surface area contributed by atoms with E-state index in [1.807, 2.05) is 13.1 Å². The van der Waals surface area contributed by atoms with Gasteiger partial charge in [-0.2, -0.15) is 0 Å². The Hall–Kier alpha value is -0.990. The highest BCUT2D eigenvalue weighted by molar-refractivity contribution is 6.31. The Morgan fingerprint density at radius 1 is 1.44 bits per heavy atom. The number of aromatic nitrogens is 1. The van der Waals surface area contributed by atoms with E-state index in [1.165, 1.54) is 41.4 Å². The zero-order valence-corrected chi connectivity index (χ0v) is 11.7. The van der Waals surface area contributed by atoms with E-state index in [4.69, 9.17) is 11.6 Å². The largest absolute Gasteiger partial charge is 0.347 e. The van der Waals surface area contributed by atoms with E-state index in [9.17, 15) is 0 Å². The van der Waals surface area contributed by atoms with Crippen molar-refractivity contribution in [3.05, 3.63) is 34.5 Å². The maximum absolute atomic E-state index is 6.11. The molecular weight excluding hydrogens is 244 g/mol. The van der Waals surface area contributed by atoms with Gasteiger partial charge in [0.2, 0.25) is 0 Å². The summed E-state index contributed by atoms with van der Waals surface area (Å²) in [7, 11) is 4.20. The molecule has 2 aromatic rings. The van der Waals surface area contributed by atoms with Gasteiger partial charge in [0.05, 0.1) is 0 Å². The van der Waals surface area contributed by atoms with Crippen LogP contribution in [0, 0.1) is 5.92 Å². The number of hydrogen-bond acceptors (Lipinski definition) is 1. The van der Waals surface area contributed by atoms with Crippen LogP contribution in [-0.2, 0) is 19.9 Å². The van der Waals surface area contributed by atoms with Gasteiger partial charge in [0.15, 0.2) is 0 Å². The minimum absolute atomic E-state index is 0.767. The third-order valence-corrected chi connectivity index (χ3v) is 4.41. The predicted octanol–water partition coefficient (Wildman–Crippen LogP) is 3.16. The Balaban J connectivity index is 2.11. The Labute approximate surface area is 113 Å². The van der Waals surface area contributed by atoms with Gasteiger partial charge in [-0.15, -0.1) is 0 Å². The number of nitrogens with one attached hydrogen (secondary N) is 1. The quantitative estimate of drug-likeness (QED) is 0.880. The van der Waals surface area contributed by atoms with Crippen molar-refractivity contribution >= 4 is 22.5 Å². The Kier molecular flexibility index (Phi) is 3.08. The van der Waals surface area contributed by atoms with Gasteiger partial charge in [-0.1, -0.05) is 17.7 Å². The second-order valence-corrected chi connectivity index (χ2v) is 5.75. The lowest BCUT2D eigenvalue weighted by molar-refractivity contribution is 0.434. The Bertz CT molecular complexity index is 586. The van der Waals surface area contributed by atoms with Gasteiger partial charge in [-0.3, -0.25) is 0 Å². The molecule has 0 saturated heterocycles. The average molecular weight is 263 g/mol. The van der Waals surface area contributed by atoms with Gasteiger partial charge in [-0.25, -0.2) is 0 Å². The van der Waals surface area contributed by atoms with Crippen molar-refractivity contribution in [3.63, 3.8) is 0 Å². The van der Waals surface area contributed by atoms with E-state index in [2.05, 4.69) is 29.1 Å². The van der Waals surface area contributed by atoms with Crippen molar-refractivity contribution in [3.8, 4) is 0 Å². The van der Waals surface area contributed by atoms with Gasteiger partial charge in [0.25, 0.3) is 0 Å². The summed E-state index contributed by atoms with van der Waals surface area (Å²) in [6.45, 7) is 1.11. The molecular formula is C15H19ClN2. The molecule has 2 nitrogen and oxygen atoms in total. The van der Waals surface area contributed by atoms with Crippen LogP contribution in [0.2, 0.25) is 5.02 Å². The zero-order valence-electron chi connectivity index (χ0n) is 11.0. The molecule has 18 heavy (non-hydrogen) atoms. The molecule has 3 rings (SSSR count). The van der Waals surface area contributed by atoms with Crippen molar-refractivity contribution in [1.82, 2.24) is 9.88 Å². The first kappa shape index (κ1) is 12.1. The van der Waals surface area contributed by atoms with Crippen molar-refractivity contribution in [2.75, 3.05) is 13.6 Å². The number of benzene rings is 1. The number of hydrogen-bond donors (Lipinski definition) is 1. The smallest absolute Gasteiger partial charge is 0.0497 e. The molecule has 1 unspecified atom stereocenters. The number of rotatable bonds is 2. The summed E-state index contributed by atoms with van der Waals surface area (Å²) in [5.41, 5.74) is 4.31. The normalized spacial score (nSPS) is 19.2. The molecule has 1 aliphatic carbocycles. The molecule has 0 fully saturated rings. The van der Waals surface area contributed by atoms with E-state index < -0.39 is 0 Å². The summed E-state index contributed by atoms with van der Waals surface area (Å²) in [5.74, 6) is 0.767. The molecule has 0 aliphatic heterocycles. The fraction of sp³-hybridized carbons (Fsp3) is 0.467. The molecule has 1 aromatic heterocycles. The lowest BCUT2D eigenvalue weighted by Crippen LogP contribution is -2.25. The number of fused-ring (bicyclic) bond motifs is 3. The third kappa shape index (κ3) is 1.84. The first-order chi connectivity index (χ1) is 8.70. The lowest BCUT2D eigenvalue weighted by Gasteiger charge is -2.23. The Morgan fingerprint density at radius 2 is 2.28 bits per heavy atom.